The van der Waals surface area contributed by atoms with Crippen LogP contribution in [0, 0.1) is 0 Å². The summed E-state index contributed by atoms with van der Waals surface area (Å²) in [6.07, 6.45) is 5.80. The molecule has 2 saturated heterocycles. The Morgan fingerprint density at radius 1 is 0.824 bits per heavy atom. The highest BCUT2D eigenvalue weighted by molar-refractivity contribution is 7.17. The van der Waals surface area contributed by atoms with E-state index in [1.165, 1.54) is 0 Å². The molecule has 1 aromatic carbocycles. The molecule has 0 aliphatic carbocycles. The average Bonchev–Trinajstić information content (AvgIpc) is 3.60. The maximum Gasteiger partial charge on any atom is 0.320 e. The Labute approximate surface area is 202 Å². The van der Waals surface area contributed by atoms with Crippen molar-refractivity contribution in [1.29, 1.82) is 0 Å². The number of hydrogen-bond donors (Lipinski definition) is 0. The molecule has 6 rings (SSSR count). The van der Waals surface area contributed by atoms with E-state index in [0.717, 1.165) is 71.7 Å². The molecule has 0 bridgehead atoms. The molecule has 0 unspecified atom stereocenters. The van der Waals surface area contributed by atoms with Crippen molar-refractivity contribution >= 4 is 33.4 Å². The quantitative estimate of drug-likeness (QED) is 0.432. The van der Waals surface area contributed by atoms with Crippen LogP contribution in [0.3, 0.4) is 0 Å². The first kappa shape index (κ1) is 21.0. The van der Waals surface area contributed by atoms with Gasteiger partial charge in [-0.05, 0) is 30.5 Å². The highest BCUT2D eigenvalue weighted by atomic mass is 32.1. The first-order chi connectivity index (χ1) is 16.8. The Kier molecular flexibility index (Phi) is 5.58. The number of amides is 2. The number of piperazine rings is 1. The lowest BCUT2D eigenvalue weighted by atomic mass is 10.1. The zero-order valence-corrected chi connectivity index (χ0v) is 19.7. The van der Waals surface area contributed by atoms with Crippen molar-refractivity contribution in [3.63, 3.8) is 0 Å². The van der Waals surface area contributed by atoms with Gasteiger partial charge in [-0.1, -0.05) is 30.3 Å². The Morgan fingerprint density at radius 2 is 1.56 bits per heavy atom. The van der Waals surface area contributed by atoms with E-state index in [1.807, 2.05) is 34.2 Å². The number of nitrogens with zero attached hydrogens (tertiary/aromatic N) is 6. The lowest BCUT2D eigenvalue weighted by Crippen LogP contribution is -2.52. The molecule has 2 aliphatic rings. The largest absolute Gasteiger partial charge is 0.352 e. The first-order valence-electron chi connectivity index (χ1n) is 11.8. The summed E-state index contributed by atoms with van der Waals surface area (Å²) < 4.78 is 0. The minimum Gasteiger partial charge on any atom is -0.352 e. The van der Waals surface area contributed by atoms with Crippen LogP contribution in [-0.2, 0) is 0 Å². The number of thiophene rings is 1. The molecule has 0 N–H and O–H groups in total. The molecule has 8 heteroatoms. The van der Waals surface area contributed by atoms with Crippen molar-refractivity contribution in [2.45, 2.75) is 12.8 Å². The van der Waals surface area contributed by atoms with Gasteiger partial charge in [0.1, 0.15) is 10.6 Å². The standard InChI is InChI=1S/C26H26N6OS/c33-26(31-11-4-5-12-31)32-15-13-30(14-16-32)24-22-21(19-7-2-1-3-8-19)18-34-25(22)29-23(28-24)20-9-6-10-27-17-20/h1-3,6-10,17-18H,4-5,11-16H2. The van der Waals surface area contributed by atoms with Crippen LogP contribution in [0.15, 0.2) is 60.2 Å². The van der Waals surface area contributed by atoms with E-state index < -0.39 is 0 Å². The number of likely N-dealkylation sites (tertiary alicyclic amines) is 1. The lowest BCUT2D eigenvalue weighted by molar-refractivity contribution is 0.159. The second-order valence-corrected chi connectivity index (χ2v) is 9.62. The fraction of sp³-hybridized carbons (Fsp3) is 0.308. The number of anilines is 1. The minimum absolute atomic E-state index is 0.182. The fourth-order valence-corrected chi connectivity index (χ4v) is 5.77. The van der Waals surface area contributed by atoms with Crippen molar-refractivity contribution < 1.29 is 4.79 Å². The zero-order chi connectivity index (χ0) is 22.9. The van der Waals surface area contributed by atoms with Gasteiger partial charge in [0.15, 0.2) is 5.82 Å². The Bertz CT molecular complexity index is 1300. The number of pyridine rings is 1. The Balaban J connectivity index is 1.37. The van der Waals surface area contributed by atoms with Gasteiger partial charge >= 0.3 is 6.03 Å². The molecule has 2 aliphatic heterocycles. The molecule has 34 heavy (non-hydrogen) atoms. The monoisotopic (exact) mass is 470 g/mol. The van der Waals surface area contributed by atoms with Gasteiger partial charge in [-0.25, -0.2) is 14.8 Å². The van der Waals surface area contributed by atoms with Crippen molar-refractivity contribution in [2.75, 3.05) is 44.2 Å². The predicted molar refractivity (Wildman–Crippen MR) is 136 cm³/mol. The molecule has 4 aromatic rings. The number of aromatic nitrogens is 3. The Hall–Kier alpha value is -3.52. The highest BCUT2D eigenvalue weighted by Gasteiger charge is 2.29. The Morgan fingerprint density at radius 3 is 2.29 bits per heavy atom. The van der Waals surface area contributed by atoms with E-state index in [2.05, 4.69) is 39.5 Å². The van der Waals surface area contributed by atoms with Crippen LogP contribution < -0.4 is 4.90 Å². The maximum atomic E-state index is 12.9. The molecule has 0 atom stereocenters. The molecule has 2 fully saturated rings. The van der Waals surface area contributed by atoms with Crippen LogP contribution in [0.4, 0.5) is 10.6 Å². The van der Waals surface area contributed by atoms with E-state index in [-0.39, 0.29) is 6.03 Å². The van der Waals surface area contributed by atoms with Crippen molar-refractivity contribution in [2.24, 2.45) is 0 Å². The number of hydrogen-bond acceptors (Lipinski definition) is 6. The van der Waals surface area contributed by atoms with Gasteiger partial charge in [-0.3, -0.25) is 4.98 Å². The van der Waals surface area contributed by atoms with Crippen LogP contribution >= 0.6 is 11.3 Å². The molecule has 3 aromatic heterocycles. The topological polar surface area (TPSA) is 65.5 Å². The third-order valence-corrected chi connectivity index (χ3v) is 7.52. The van der Waals surface area contributed by atoms with Gasteiger partial charge in [-0.15, -0.1) is 11.3 Å². The van der Waals surface area contributed by atoms with Gasteiger partial charge in [0, 0.05) is 68.2 Å². The smallest absolute Gasteiger partial charge is 0.320 e. The first-order valence-corrected chi connectivity index (χ1v) is 12.7. The van der Waals surface area contributed by atoms with Gasteiger partial charge < -0.3 is 14.7 Å². The molecule has 0 radical (unpaired) electrons. The highest BCUT2D eigenvalue weighted by Crippen LogP contribution is 2.39. The molecular formula is C26H26N6OS. The molecular weight excluding hydrogens is 444 g/mol. The number of rotatable bonds is 3. The molecule has 2 amide bonds. The van der Waals surface area contributed by atoms with Gasteiger partial charge in [0.25, 0.3) is 0 Å². The van der Waals surface area contributed by atoms with E-state index in [0.29, 0.717) is 18.9 Å². The second kappa shape index (κ2) is 9.02. The predicted octanol–water partition coefficient (Wildman–Crippen LogP) is 4.76. The van der Waals surface area contributed by atoms with E-state index >= 15 is 0 Å². The normalized spacial score (nSPS) is 16.4. The van der Waals surface area contributed by atoms with Crippen molar-refractivity contribution in [3.05, 3.63) is 60.2 Å². The van der Waals surface area contributed by atoms with Crippen LogP contribution in [0.5, 0.6) is 0 Å². The summed E-state index contributed by atoms with van der Waals surface area (Å²) in [5, 5.41) is 3.27. The summed E-state index contributed by atoms with van der Waals surface area (Å²) in [7, 11) is 0. The number of benzene rings is 1. The molecule has 0 spiro atoms. The van der Waals surface area contributed by atoms with Crippen LogP contribution in [-0.4, -0.2) is 70.1 Å². The number of urea groups is 1. The van der Waals surface area contributed by atoms with Gasteiger partial charge in [0.05, 0.1) is 5.39 Å². The third-order valence-electron chi connectivity index (χ3n) is 6.65. The summed E-state index contributed by atoms with van der Waals surface area (Å²) in [4.78, 5) is 34.4. The maximum absolute atomic E-state index is 12.9. The SMILES string of the molecule is O=C(N1CCCC1)N1CCN(c2nc(-c3cccnc3)nc3scc(-c4ccccc4)c23)CC1. The zero-order valence-electron chi connectivity index (χ0n) is 18.9. The number of carbonyl (C=O) groups is 1. The molecule has 5 heterocycles. The van der Waals surface area contributed by atoms with E-state index in [4.69, 9.17) is 9.97 Å². The van der Waals surface area contributed by atoms with Crippen LogP contribution in [0.1, 0.15) is 12.8 Å². The summed E-state index contributed by atoms with van der Waals surface area (Å²) >= 11 is 1.65. The lowest BCUT2D eigenvalue weighted by Gasteiger charge is -2.37. The van der Waals surface area contributed by atoms with Crippen LogP contribution in [0.25, 0.3) is 32.7 Å². The summed E-state index contributed by atoms with van der Waals surface area (Å²) in [5.74, 6) is 1.63. The number of fused-ring (bicyclic) bond motifs is 1. The third kappa shape index (κ3) is 3.88. The van der Waals surface area contributed by atoms with E-state index in [9.17, 15) is 4.79 Å². The molecule has 0 saturated carbocycles. The number of carbonyl (C=O) groups excluding carboxylic acids is 1. The molecule has 172 valence electrons. The van der Waals surface area contributed by atoms with Crippen molar-refractivity contribution in [3.8, 4) is 22.5 Å². The van der Waals surface area contributed by atoms with Crippen molar-refractivity contribution in [1.82, 2.24) is 24.8 Å². The minimum atomic E-state index is 0.182. The fourth-order valence-electron chi connectivity index (χ4n) is 4.82. The summed E-state index contributed by atoms with van der Waals surface area (Å²) in [6.45, 7) is 4.68. The summed E-state index contributed by atoms with van der Waals surface area (Å²) in [6, 6.07) is 14.5. The second-order valence-electron chi connectivity index (χ2n) is 8.76. The van der Waals surface area contributed by atoms with E-state index in [1.54, 1.807) is 17.5 Å². The molecule has 7 nitrogen and oxygen atoms in total. The van der Waals surface area contributed by atoms with Gasteiger partial charge in [-0.2, -0.15) is 0 Å². The van der Waals surface area contributed by atoms with Gasteiger partial charge in [0.2, 0.25) is 0 Å². The summed E-state index contributed by atoms with van der Waals surface area (Å²) in [5.41, 5.74) is 3.22. The average molecular weight is 471 g/mol. The van der Waals surface area contributed by atoms with Crippen LogP contribution in [0.2, 0.25) is 0 Å².